The fraction of sp³-hybridized carbons (Fsp3) is 0.312. The van der Waals surface area contributed by atoms with Crippen molar-refractivity contribution < 1.29 is 18.3 Å². The summed E-state index contributed by atoms with van der Waals surface area (Å²) in [6.45, 7) is 0.598. The number of carbonyl (C=O) groups is 1. The average molecular weight is 366 g/mol. The number of hydrogen-bond acceptors (Lipinski definition) is 5. The highest BCUT2D eigenvalue weighted by molar-refractivity contribution is 7.91. The number of amides is 1. The Kier molecular flexibility index (Phi) is 4.88. The summed E-state index contributed by atoms with van der Waals surface area (Å²) in [5, 5.41) is 13.9. The third-order valence-corrected chi connectivity index (χ3v) is 7.20. The Morgan fingerprint density at radius 2 is 2.12 bits per heavy atom. The van der Waals surface area contributed by atoms with Crippen molar-refractivity contribution in [1.82, 2.24) is 4.31 Å². The molecule has 1 amide bonds. The zero-order valence-electron chi connectivity index (χ0n) is 12.9. The molecular formula is C16H18N2O4S2. The van der Waals surface area contributed by atoms with Crippen molar-refractivity contribution in [2.75, 3.05) is 18.4 Å². The van der Waals surface area contributed by atoms with Crippen molar-refractivity contribution in [3.63, 3.8) is 0 Å². The van der Waals surface area contributed by atoms with Crippen LogP contribution in [0.25, 0.3) is 0 Å². The molecule has 2 N–H and O–H groups in total. The number of sulfonamides is 1. The second-order valence-electron chi connectivity index (χ2n) is 5.67. The van der Waals surface area contributed by atoms with Gasteiger partial charge in [-0.25, -0.2) is 8.42 Å². The average Bonchev–Trinajstić information content (AvgIpc) is 3.10. The molecule has 1 aliphatic rings. The van der Waals surface area contributed by atoms with Crippen LogP contribution in [-0.2, 0) is 14.8 Å². The van der Waals surface area contributed by atoms with Crippen LogP contribution >= 0.6 is 11.3 Å². The Morgan fingerprint density at radius 3 is 2.83 bits per heavy atom. The van der Waals surface area contributed by atoms with Gasteiger partial charge in [0, 0.05) is 24.8 Å². The predicted molar refractivity (Wildman–Crippen MR) is 92.5 cm³/mol. The quantitative estimate of drug-likeness (QED) is 0.870. The zero-order valence-corrected chi connectivity index (χ0v) is 14.5. The number of thiophene rings is 1. The number of nitrogens with one attached hydrogen (secondary N) is 1. The van der Waals surface area contributed by atoms with Crippen molar-refractivity contribution in [3.8, 4) is 5.75 Å². The molecule has 1 saturated heterocycles. The molecule has 3 rings (SSSR count). The largest absolute Gasteiger partial charge is 0.508 e. The second kappa shape index (κ2) is 6.92. The van der Waals surface area contributed by atoms with Gasteiger partial charge in [-0.05, 0) is 36.4 Å². The molecule has 0 radical (unpaired) electrons. The molecule has 2 heterocycles. The van der Waals surface area contributed by atoms with Crippen molar-refractivity contribution >= 4 is 33.0 Å². The Balaban J connectivity index is 1.70. The molecular weight excluding hydrogens is 348 g/mol. The predicted octanol–water partition coefficient (Wildman–Crippen LogP) is 2.49. The van der Waals surface area contributed by atoms with Crippen LogP contribution in [0, 0.1) is 5.92 Å². The summed E-state index contributed by atoms with van der Waals surface area (Å²) in [6, 6.07) is 9.58. The number of phenols is 1. The molecule has 6 nitrogen and oxygen atoms in total. The summed E-state index contributed by atoms with van der Waals surface area (Å²) in [5.41, 5.74) is 0.498. The van der Waals surface area contributed by atoms with E-state index < -0.39 is 15.9 Å². The van der Waals surface area contributed by atoms with E-state index in [-0.39, 0.29) is 18.2 Å². The van der Waals surface area contributed by atoms with E-state index in [4.69, 9.17) is 0 Å². The number of rotatable bonds is 4. The van der Waals surface area contributed by atoms with Gasteiger partial charge in [-0.3, -0.25) is 4.79 Å². The molecule has 1 unspecified atom stereocenters. The molecule has 0 aliphatic carbocycles. The van der Waals surface area contributed by atoms with Gasteiger partial charge in [-0.1, -0.05) is 12.1 Å². The maximum absolute atomic E-state index is 12.6. The topological polar surface area (TPSA) is 86.7 Å². The third kappa shape index (κ3) is 3.61. The van der Waals surface area contributed by atoms with Crippen LogP contribution in [-0.4, -0.2) is 36.8 Å². The van der Waals surface area contributed by atoms with Crippen LogP contribution in [0.4, 0.5) is 5.69 Å². The molecule has 0 bridgehead atoms. The molecule has 1 aromatic heterocycles. The first-order valence-corrected chi connectivity index (χ1v) is 9.92. The van der Waals surface area contributed by atoms with Crippen LogP contribution in [0.1, 0.15) is 12.8 Å². The van der Waals surface area contributed by atoms with Gasteiger partial charge in [0.25, 0.3) is 10.0 Å². The molecule has 0 saturated carbocycles. The van der Waals surface area contributed by atoms with Gasteiger partial charge in [-0.2, -0.15) is 4.31 Å². The number of aromatic hydroxyl groups is 1. The Bertz CT molecular complexity index is 818. The minimum atomic E-state index is -3.53. The standard InChI is InChI=1S/C16H18N2O4S2/c19-14-6-1-5-13(10-14)17-16(20)12-4-2-8-18(11-12)24(21,22)15-7-3-9-23-15/h1,3,5-7,9-10,12,19H,2,4,8,11H2,(H,17,20). The van der Waals surface area contributed by atoms with E-state index >= 15 is 0 Å². The number of piperidine rings is 1. The molecule has 1 aliphatic heterocycles. The third-order valence-electron chi connectivity index (χ3n) is 3.96. The first-order valence-electron chi connectivity index (χ1n) is 7.60. The van der Waals surface area contributed by atoms with E-state index in [1.807, 2.05) is 0 Å². The lowest BCUT2D eigenvalue weighted by Gasteiger charge is -2.30. The highest BCUT2D eigenvalue weighted by atomic mass is 32.2. The summed E-state index contributed by atoms with van der Waals surface area (Å²) in [6.07, 6.45) is 1.28. The first-order chi connectivity index (χ1) is 11.5. The maximum atomic E-state index is 12.6. The maximum Gasteiger partial charge on any atom is 0.252 e. The normalized spacial score (nSPS) is 19.1. The van der Waals surface area contributed by atoms with E-state index in [1.54, 1.807) is 29.6 Å². The van der Waals surface area contributed by atoms with Crippen LogP contribution in [0.3, 0.4) is 0 Å². The zero-order chi connectivity index (χ0) is 17.2. The highest BCUT2D eigenvalue weighted by Crippen LogP contribution is 2.27. The number of hydrogen-bond donors (Lipinski definition) is 2. The van der Waals surface area contributed by atoms with E-state index in [2.05, 4.69) is 5.32 Å². The summed E-state index contributed by atoms with van der Waals surface area (Å²) in [7, 11) is -3.53. The second-order valence-corrected chi connectivity index (χ2v) is 8.79. The fourth-order valence-corrected chi connectivity index (χ4v) is 5.41. The lowest BCUT2D eigenvalue weighted by Crippen LogP contribution is -2.43. The molecule has 128 valence electrons. The SMILES string of the molecule is O=C(Nc1cccc(O)c1)C1CCCN(S(=O)(=O)c2cccs2)C1. The molecule has 24 heavy (non-hydrogen) atoms. The molecule has 1 fully saturated rings. The van der Waals surface area contributed by atoms with Crippen molar-refractivity contribution in [1.29, 1.82) is 0 Å². The molecule has 0 spiro atoms. The lowest BCUT2D eigenvalue weighted by molar-refractivity contribution is -0.120. The van der Waals surface area contributed by atoms with Crippen molar-refractivity contribution in [2.24, 2.45) is 5.92 Å². The van der Waals surface area contributed by atoms with Crippen LogP contribution in [0.15, 0.2) is 46.0 Å². The van der Waals surface area contributed by atoms with Gasteiger partial charge in [-0.15, -0.1) is 11.3 Å². The summed E-state index contributed by atoms with van der Waals surface area (Å²) < 4.78 is 26.9. The van der Waals surface area contributed by atoms with Gasteiger partial charge < -0.3 is 10.4 Å². The molecule has 1 aromatic carbocycles. The number of phenolic OH excluding ortho intramolecular Hbond substituents is 1. The molecule has 2 aromatic rings. The Hall–Kier alpha value is -1.90. The minimum absolute atomic E-state index is 0.0679. The van der Waals surface area contributed by atoms with Gasteiger partial charge >= 0.3 is 0 Å². The van der Waals surface area contributed by atoms with Gasteiger partial charge in [0.05, 0.1) is 5.92 Å². The summed E-state index contributed by atoms with van der Waals surface area (Å²) >= 11 is 1.18. The van der Waals surface area contributed by atoms with Gasteiger partial charge in [0.1, 0.15) is 9.96 Å². The van der Waals surface area contributed by atoms with Crippen LogP contribution < -0.4 is 5.32 Å². The van der Waals surface area contributed by atoms with Crippen molar-refractivity contribution in [3.05, 3.63) is 41.8 Å². The van der Waals surface area contributed by atoms with Gasteiger partial charge in [0.15, 0.2) is 0 Å². The lowest BCUT2D eigenvalue weighted by atomic mass is 9.98. The number of benzene rings is 1. The fourth-order valence-electron chi connectivity index (χ4n) is 2.74. The van der Waals surface area contributed by atoms with E-state index in [1.165, 1.54) is 27.8 Å². The first kappa shape index (κ1) is 16.9. The van der Waals surface area contributed by atoms with Crippen LogP contribution in [0.5, 0.6) is 5.75 Å². The van der Waals surface area contributed by atoms with Crippen LogP contribution in [0.2, 0.25) is 0 Å². The molecule has 1 atom stereocenters. The molecule has 8 heteroatoms. The Morgan fingerprint density at radius 1 is 1.29 bits per heavy atom. The van der Waals surface area contributed by atoms with E-state index in [9.17, 15) is 18.3 Å². The number of anilines is 1. The van der Waals surface area contributed by atoms with E-state index in [0.29, 0.717) is 29.3 Å². The minimum Gasteiger partial charge on any atom is -0.508 e. The smallest absolute Gasteiger partial charge is 0.252 e. The van der Waals surface area contributed by atoms with Crippen molar-refractivity contribution in [2.45, 2.75) is 17.1 Å². The van der Waals surface area contributed by atoms with E-state index in [0.717, 1.165) is 0 Å². The summed E-state index contributed by atoms with van der Waals surface area (Å²) in [4.78, 5) is 12.4. The summed E-state index contributed by atoms with van der Waals surface area (Å²) in [5.74, 6) is -0.569. The van der Waals surface area contributed by atoms with Gasteiger partial charge in [0.2, 0.25) is 5.91 Å². The highest BCUT2D eigenvalue weighted by Gasteiger charge is 2.33. The number of nitrogens with zero attached hydrogens (tertiary/aromatic N) is 1. The Labute approximate surface area is 144 Å². The monoisotopic (exact) mass is 366 g/mol. The number of carbonyl (C=O) groups excluding carboxylic acids is 1.